The molecule has 0 aliphatic carbocycles. The Morgan fingerprint density at radius 2 is 2.22 bits per heavy atom. The van der Waals surface area contributed by atoms with Crippen LogP contribution in [0.2, 0.25) is 10.0 Å². The number of hydrogen-bond donors (Lipinski definition) is 1. The Labute approximate surface area is 117 Å². The molecule has 3 nitrogen and oxygen atoms in total. The molecule has 0 spiro atoms. The highest BCUT2D eigenvalue weighted by atomic mass is 35.5. The van der Waals surface area contributed by atoms with Gasteiger partial charge in [0.05, 0.1) is 5.92 Å². The Bertz CT molecular complexity index is 451. The van der Waals surface area contributed by atoms with Crippen molar-refractivity contribution >= 4 is 29.1 Å². The van der Waals surface area contributed by atoms with E-state index in [1.165, 1.54) is 0 Å². The van der Waals surface area contributed by atoms with Crippen LogP contribution in [-0.2, 0) is 11.3 Å². The molecule has 0 unspecified atom stereocenters. The standard InChI is InChI=1S/C13H16Cl2N2O/c14-11-4-3-9(12(15)6-11)7-17-5-1-2-10(8-17)13(16)18/h3-4,6,10H,1-2,5,7-8H2,(H2,16,18)/t10-/m0/s1. The second kappa shape index (κ2) is 5.91. The Balaban J connectivity index is 2.02. The van der Waals surface area contributed by atoms with Crippen molar-refractivity contribution < 1.29 is 4.79 Å². The predicted molar refractivity (Wildman–Crippen MR) is 73.7 cm³/mol. The number of carbonyl (C=O) groups is 1. The summed E-state index contributed by atoms with van der Waals surface area (Å²) in [6, 6.07) is 5.50. The molecule has 1 amide bonds. The number of benzene rings is 1. The van der Waals surface area contributed by atoms with Gasteiger partial charge in [-0.1, -0.05) is 29.3 Å². The molecule has 0 radical (unpaired) electrons. The third-order valence-corrected chi connectivity index (χ3v) is 3.90. The quantitative estimate of drug-likeness (QED) is 0.929. The fourth-order valence-corrected chi connectivity index (χ4v) is 2.79. The minimum absolute atomic E-state index is 0.0372. The first-order valence-electron chi connectivity index (χ1n) is 6.02. The number of primary amides is 1. The number of nitrogens with zero attached hydrogens (tertiary/aromatic N) is 1. The molecule has 2 rings (SSSR count). The predicted octanol–water partition coefficient (Wildman–Crippen LogP) is 2.69. The maximum absolute atomic E-state index is 11.2. The lowest BCUT2D eigenvalue weighted by molar-refractivity contribution is -0.123. The van der Waals surface area contributed by atoms with Crippen LogP contribution in [0.25, 0.3) is 0 Å². The van der Waals surface area contributed by atoms with Gasteiger partial charge >= 0.3 is 0 Å². The van der Waals surface area contributed by atoms with Gasteiger partial charge < -0.3 is 5.73 Å². The third-order valence-electron chi connectivity index (χ3n) is 3.32. The molecule has 1 fully saturated rings. The molecule has 1 aliphatic heterocycles. The smallest absolute Gasteiger partial charge is 0.221 e. The van der Waals surface area contributed by atoms with Crippen molar-refractivity contribution in [3.8, 4) is 0 Å². The van der Waals surface area contributed by atoms with Crippen LogP contribution < -0.4 is 5.73 Å². The molecule has 1 aliphatic rings. The molecular weight excluding hydrogens is 271 g/mol. The molecule has 18 heavy (non-hydrogen) atoms. The van der Waals surface area contributed by atoms with Crippen LogP contribution >= 0.6 is 23.2 Å². The van der Waals surface area contributed by atoms with Gasteiger partial charge in [0.1, 0.15) is 0 Å². The second-order valence-corrected chi connectivity index (χ2v) is 5.56. The van der Waals surface area contributed by atoms with E-state index in [9.17, 15) is 4.79 Å². The number of amides is 1. The summed E-state index contributed by atoms with van der Waals surface area (Å²) in [7, 11) is 0. The van der Waals surface area contributed by atoms with Crippen molar-refractivity contribution in [2.75, 3.05) is 13.1 Å². The van der Waals surface area contributed by atoms with Crippen molar-refractivity contribution in [1.29, 1.82) is 0 Å². The van der Waals surface area contributed by atoms with E-state index in [0.29, 0.717) is 16.6 Å². The van der Waals surface area contributed by atoms with Gasteiger partial charge in [-0.15, -0.1) is 0 Å². The van der Waals surface area contributed by atoms with Gasteiger partial charge in [-0.3, -0.25) is 9.69 Å². The lowest BCUT2D eigenvalue weighted by Gasteiger charge is -2.31. The van der Waals surface area contributed by atoms with Gasteiger partial charge in [0.15, 0.2) is 0 Å². The number of halogens is 2. The van der Waals surface area contributed by atoms with Gasteiger partial charge in [0.25, 0.3) is 0 Å². The van der Waals surface area contributed by atoms with Crippen molar-refractivity contribution in [3.05, 3.63) is 33.8 Å². The minimum atomic E-state index is -0.207. The largest absolute Gasteiger partial charge is 0.369 e. The molecule has 2 N–H and O–H groups in total. The van der Waals surface area contributed by atoms with Crippen molar-refractivity contribution in [3.63, 3.8) is 0 Å². The second-order valence-electron chi connectivity index (χ2n) is 4.71. The van der Waals surface area contributed by atoms with E-state index in [2.05, 4.69) is 4.90 Å². The van der Waals surface area contributed by atoms with Gasteiger partial charge in [0.2, 0.25) is 5.91 Å². The number of piperidine rings is 1. The van der Waals surface area contributed by atoms with Gasteiger partial charge in [-0.05, 0) is 37.1 Å². The molecule has 1 saturated heterocycles. The number of likely N-dealkylation sites (tertiary alicyclic amines) is 1. The zero-order valence-electron chi connectivity index (χ0n) is 10.0. The van der Waals surface area contributed by atoms with Crippen LogP contribution in [0.15, 0.2) is 18.2 Å². The average molecular weight is 287 g/mol. The minimum Gasteiger partial charge on any atom is -0.369 e. The van der Waals surface area contributed by atoms with Crippen LogP contribution in [0.3, 0.4) is 0 Å². The monoisotopic (exact) mass is 286 g/mol. The topological polar surface area (TPSA) is 46.3 Å². The number of nitrogens with two attached hydrogens (primary N) is 1. The first-order valence-corrected chi connectivity index (χ1v) is 6.77. The molecule has 1 atom stereocenters. The maximum Gasteiger partial charge on any atom is 0.221 e. The summed E-state index contributed by atoms with van der Waals surface area (Å²) in [5, 5.41) is 1.31. The average Bonchev–Trinajstić information content (AvgIpc) is 2.33. The number of carbonyl (C=O) groups excluding carboxylic acids is 1. The zero-order valence-corrected chi connectivity index (χ0v) is 11.5. The van der Waals surface area contributed by atoms with Crippen molar-refractivity contribution in [2.24, 2.45) is 11.7 Å². The highest BCUT2D eigenvalue weighted by Gasteiger charge is 2.24. The first kappa shape index (κ1) is 13.7. The van der Waals surface area contributed by atoms with Crippen LogP contribution in [0.5, 0.6) is 0 Å². The summed E-state index contributed by atoms with van der Waals surface area (Å²) in [5.74, 6) is -0.244. The van der Waals surface area contributed by atoms with E-state index >= 15 is 0 Å². The van der Waals surface area contributed by atoms with Gasteiger partial charge in [0, 0.05) is 23.1 Å². The summed E-state index contributed by atoms with van der Waals surface area (Å²) in [4.78, 5) is 13.4. The number of rotatable bonds is 3. The maximum atomic E-state index is 11.2. The lowest BCUT2D eigenvalue weighted by atomic mass is 9.97. The summed E-state index contributed by atoms with van der Waals surface area (Å²) in [5.41, 5.74) is 6.40. The highest BCUT2D eigenvalue weighted by molar-refractivity contribution is 6.35. The van der Waals surface area contributed by atoms with Gasteiger partial charge in [-0.2, -0.15) is 0 Å². The highest BCUT2D eigenvalue weighted by Crippen LogP contribution is 2.24. The first-order chi connectivity index (χ1) is 8.56. The fourth-order valence-electron chi connectivity index (χ4n) is 2.32. The van der Waals surface area contributed by atoms with E-state index in [4.69, 9.17) is 28.9 Å². The zero-order chi connectivity index (χ0) is 13.1. The van der Waals surface area contributed by atoms with Crippen LogP contribution in [0.4, 0.5) is 0 Å². The Morgan fingerprint density at radius 1 is 1.44 bits per heavy atom. The molecule has 0 bridgehead atoms. The molecule has 98 valence electrons. The lowest BCUT2D eigenvalue weighted by Crippen LogP contribution is -2.40. The fraction of sp³-hybridized carbons (Fsp3) is 0.462. The van der Waals surface area contributed by atoms with Crippen LogP contribution in [-0.4, -0.2) is 23.9 Å². The van der Waals surface area contributed by atoms with E-state index in [1.807, 2.05) is 12.1 Å². The van der Waals surface area contributed by atoms with Crippen LogP contribution in [0, 0.1) is 5.92 Å². The van der Waals surface area contributed by atoms with Crippen molar-refractivity contribution in [1.82, 2.24) is 4.90 Å². The summed E-state index contributed by atoms with van der Waals surface area (Å²) < 4.78 is 0. The molecule has 0 saturated carbocycles. The number of hydrogen-bond acceptors (Lipinski definition) is 2. The van der Waals surface area contributed by atoms with Crippen molar-refractivity contribution in [2.45, 2.75) is 19.4 Å². The summed E-state index contributed by atoms with van der Waals surface area (Å²) >= 11 is 12.0. The summed E-state index contributed by atoms with van der Waals surface area (Å²) in [6.07, 6.45) is 1.89. The SMILES string of the molecule is NC(=O)[C@H]1CCCN(Cc2ccc(Cl)cc2Cl)C1. The van der Waals surface area contributed by atoms with Gasteiger partial charge in [-0.25, -0.2) is 0 Å². The third kappa shape index (κ3) is 3.37. The summed E-state index contributed by atoms with van der Waals surface area (Å²) in [6.45, 7) is 2.43. The van der Waals surface area contributed by atoms with E-state index in [-0.39, 0.29) is 11.8 Å². The van der Waals surface area contributed by atoms with E-state index in [1.54, 1.807) is 6.07 Å². The molecule has 5 heteroatoms. The Morgan fingerprint density at radius 3 is 2.89 bits per heavy atom. The molecule has 1 aromatic rings. The molecule has 0 aromatic heterocycles. The Hall–Kier alpha value is -0.770. The van der Waals surface area contributed by atoms with E-state index < -0.39 is 0 Å². The Kier molecular flexibility index (Phi) is 4.49. The van der Waals surface area contributed by atoms with Crippen LogP contribution in [0.1, 0.15) is 18.4 Å². The normalized spacial score (nSPS) is 20.9. The molecule has 1 heterocycles. The molecular formula is C13H16Cl2N2O. The van der Waals surface area contributed by atoms with E-state index in [0.717, 1.165) is 31.5 Å². The molecule has 1 aromatic carbocycles.